The largest absolute Gasteiger partial charge is 0.480 e. The van der Waals surface area contributed by atoms with E-state index in [1.165, 1.54) is 0 Å². The summed E-state index contributed by atoms with van der Waals surface area (Å²) in [5.74, 6) is -0.910. The number of carboxylic acid groups (broad SMARTS) is 1. The van der Waals surface area contributed by atoms with E-state index in [2.05, 4.69) is 0 Å². The Morgan fingerprint density at radius 1 is 1.06 bits per heavy atom. The molecule has 0 aliphatic carbocycles. The molecule has 0 amide bonds. The fourth-order valence-corrected chi connectivity index (χ4v) is 1.22. The topological polar surface area (TPSA) is 63.3 Å². The third-order valence-electron chi connectivity index (χ3n) is 1.87. The Labute approximate surface area is 106 Å². The summed E-state index contributed by atoms with van der Waals surface area (Å²) in [7, 11) is 0. The maximum Gasteiger partial charge on any atom is 0.320 e. The van der Waals surface area contributed by atoms with Crippen LogP contribution in [-0.4, -0.2) is 17.1 Å². The molecule has 1 rings (SSSR count). The van der Waals surface area contributed by atoms with Crippen molar-refractivity contribution in [1.82, 2.24) is 0 Å². The summed E-state index contributed by atoms with van der Waals surface area (Å²) in [6.07, 6.45) is 0. The average Bonchev–Trinajstić information content (AvgIpc) is 2.43. The van der Waals surface area contributed by atoms with Crippen molar-refractivity contribution >= 4 is 17.3 Å². The Kier molecular flexibility index (Phi) is 9.01. The van der Waals surface area contributed by atoms with Crippen LogP contribution in [-0.2, 0) is 4.79 Å². The van der Waals surface area contributed by atoms with E-state index < -0.39 is 12.0 Å². The van der Waals surface area contributed by atoms with Gasteiger partial charge in [0.2, 0.25) is 0 Å². The monoisotopic (exact) mass is 253 g/mol. The fraction of sp³-hybridized carbons (Fsp3) is 0.308. The second-order valence-corrected chi connectivity index (χ2v) is 4.49. The highest BCUT2D eigenvalue weighted by Crippen LogP contribution is 1.96. The van der Waals surface area contributed by atoms with E-state index in [0.29, 0.717) is 0 Å². The summed E-state index contributed by atoms with van der Waals surface area (Å²) in [6, 6.07) is 11.4. The Hall–Kier alpha value is -1.39. The first kappa shape index (κ1) is 15.6. The molecule has 17 heavy (non-hydrogen) atoms. The van der Waals surface area contributed by atoms with Crippen molar-refractivity contribution < 1.29 is 9.90 Å². The number of hydrogen-bond donors (Lipinski definition) is 2. The maximum absolute atomic E-state index is 10.0. The Morgan fingerprint density at radius 3 is 1.76 bits per heavy atom. The predicted octanol–water partition coefficient (Wildman–Crippen LogP) is 2.93. The highest BCUT2D eigenvalue weighted by atomic mass is 32.1. The summed E-state index contributed by atoms with van der Waals surface area (Å²) in [4.78, 5) is 10.0. The molecule has 0 bridgehead atoms. The zero-order valence-corrected chi connectivity index (χ0v) is 10.9. The van der Waals surface area contributed by atoms with Gasteiger partial charge in [-0.1, -0.05) is 50.2 Å². The van der Waals surface area contributed by atoms with Gasteiger partial charge < -0.3 is 10.8 Å². The summed E-state index contributed by atoms with van der Waals surface area (Å²) >= 11 is 1.68. The molecule has 0 aromatic carbocycles. The van der Waals surface area contributed by atoms with E-state index in [0.717, 1.165) is 0 Å². The molecule has 0 saturated heterocycles. The van der Waals surface area contributed by atoms with Crippen molar-refractivity contribution in [3.8, 4) is 0 Å². The molecular weight excluding hydrogens is 234 g/mol. The van der Waals surface area contributed by atoms with Gasteiger partial charge in [-0.2, -0.15) is 11.3 Å². The average molecular weight is 253 g/mol. The molecule has 0 fully saturated rings. The van der Waals surface area contributed by atoms with Gasteiger partial charge in [-0.05, 0) is 16.7 Å². The molecule has 1 heterocycles. The van der Waals surface area contributed by atoms with E-state index in [9.17, 15) is 4.79 Å². The van der Waals surface area contributed by atoms with Crippen LogP contribution in [0.5, 0.6) is 0 Å². The molecule has 0 aliphatic heterocycles. The first-order valence-corrected chi connectivity index (χ1v) is 6.29. The molecule has 0 spiro atoms. The van der Waals surface area contributed by atoms with Crippen LogP contribution in [0.1, 0.15) is 13.8 Å². The smallest absolute Gasteiger partial charge is 0.320 e. The number of nitrogens with two attached hydrogens (primary N) is 1. The molecule has 0 radical (unpaired) electrons. The minimum Gasteiger partial charge on any atom is -0.480 e. The fourth-order valence-electron chi connectivity index (χ4n) is 0.769. The first-order chi connectivity index (χ1) is 8.05. The van der Waals surface area contributed by atoms with Crippen molar-refractivity contribution in [3.05, 3.63) is 47.2 Å². The molecule has 4 heteroatoms. The van der Waals surface area contributed by atoms with Gasteiger partial charge in [0.05, 0.1) is 0 Å². The van der Waals surface area contributed by atoms with Crippen molar-refractivity contribution in [1.29, 1.82) is 0 Å². The number of hydrogen-bond acceptors (Lipinski definition) is 3. The molecule has 0 aliphatic rings. The van der Waals surface area contributed by atoms with Crippen LogP contribution in [0.4, 0.5) is 0 Å². The Bertz CT molecular complexity index is 287. The highest BCUT2D eigenvalue weighted by Gasteiger charge is 2.14. The molecule has 0 unspecified atom stereocenters. The van der Waals surface area contributed by atoms with Crippen molar-refractivity contribution in [2.75, 3.05) is 0 Å². The summed E-state index contributed by atoms with van der Waals surface area (Å²) in [5.41, 5.74) is 5.16. The predicted molar refractivity (Wildman–Crippen MR) is 72.4 cm³/mol. The van der Waals surface area contributed by atoms with Crippen molar-refractivity contribution in [3.63, 3.8) is 0 Å². The molecule has 3 nitrogen and oxygen atoms in total. The van der Waals surface area contributed by atoms with E-state index in [4.69, 9.17) is 10.8 Å². The molecule has 0 saturated carbocycles. The van der Waals surface area contributed by atoms with Gasteiger partial charge in [0.25, 0.3) is 0 Å². The molecular formula is C13H19NO2S. The number of rotatable bonds is 2. The van der Waals surface area contributed by atoms with E-state index >= 15 is 0 Å². The van der Waals surface area contributed by atoms with Gasteiger partial charge in [0, 0.05) is 0 Å². The van der Waals surface area contributed by atoms with Crippen LogP contribution in [0, 0.1) is 5.92 Å². The van der Waals surface area contributed by atoms with Gasteiger partial charge >= 0.3 is 5.97 Å². The molecule has 1 aromatic rings. The van der Waals surface area contributed by atoms with Crippen LogP contribution in [0.15, 0.2) is 47.2 Å². The van der Waals surface area contributed by atoms with Gasteiger partial charge in [0.15, 0.2) is 0 Å². The molecule has 3 N–H and O–H groups in total. The summed E-state index contributed by atoms with van der Waals surface area (Å²) < 4.78 is 0. The van der Waals surface area contributed by atoms with Gasteiger partial charge in [-0.15, -0.1) is 0 Å². The highest BCUT2D eigenvalue weighted by molar-refractivity contribution is 7.07. The Morgan fingerprint density at radius 2 is 1.47 bits per heavy atom. The minimum absolute atomic E-state index is 0.0208. The number of carboxylic acids is 1. The normalized spacial score (nSPS) is 10.8. The lowest BCUT2D eigenvalue weighted by Gasteiger charge is -2.07. The number of aliphatic carboxylic acids is 1. The second-order valence-electron chi connectivity index (χ2n) is 3.67. The number of carbonyl (C=O) groups is 1. The zero-order valence-electron chi connectivity index (χ0n) is 10.1. The van der Waals surface area contributed by atoms with Crippen molar-refractivity contribution in [2.45, 2.75) is 19.9 Å². The van der Waals surface area contributed by atoms with Gasteiger partial charge in [0.1, 0.15) is 6.04 Å². The molecule has 1 aromatic heterocycles. The van der Waals surface area contributed by atoms with Crippen LogP contribution in [0.2, 0.25) is 0 Å². The van der Waals surface area contributed by atoms with E-state index in [1.54, 1.807) is 25.2 Å². The molecule has 1 atom stereocenters. The van der Waals surface area contributed by atoms with Crippen LogP contribution in [0.3, 0.4) is 0 Å². The molecule has 94 valence electrons. The Balaban J connectivity index is 0.000000304. The third kappa shape index (κ3) is 9.53. The van der Waals surface area contributed by atoms with Crippen LogP contribution < -0.4 is 5.73 Å². The van der Waals surface area contributed by atoms with Gasteiger partial charge in [-0.3, -0.25) is 4.79 Å². The van der Waals surface area contributed by atoms with Crippen molar-refractivity contribution in [2.24, 2.45) is 11.7 Å². The lowest BCUT2D eigenvalue weighted by Crippen LogP contribution is -2.34. The lowest BCUT2D eigenvalue weighted by atomic mass is 10.1. The SMILES string of the molecule is CC(C)[C@H](N)C(=O)O.c1ccccsccc1. The summed E-state index contributed by atoms with van der Waals surface area (Å²) in [6.45, 7) is 3.55. The van der Waals surface area contributed by atoms with E-state index in [1.807, 2.05) is 47.2 Å². The minimum atomic E-state index is -0.931. The van der Waals surface area contributed by atoms with Crippen LogP contribution in [0.25, 0.3) is 0 Å². The second kappa shape index (κ2) is 9.81. The van der Waals surface area contributed by atoms with E-state index in [-0.39, 0.29) is 5.92 Å². The standard InChI is InChI=1S/C8H8S.C5H11NO2/c1-2-4-6-8-9-7-5-3-1;1-3(2)4(6)5(7)8/h1-8H;3-4H,6H2,1-2H3,(H,7,8)/t;4-/m.0/s1. The lowest BCUT2D eigenvalue weighted by molar-refractivity contribution is -0.139. The first-order valence-electron chi connectivity index (χ1n) is 5.34. The van der Waals surface area contributed by atoms with Crippen LogP contribution >= 0.6 is 11.3 Å². The third-order valence-corrected chi connectivity index (χ3v) is 2.50. The zero-order chi connectivity index (χ0) is 13.1. The quantitative estimate of drug-likeness (QED) is 0.851. The van der Waals surface area contributed by atoms with Gasteiger partial charge in [-0.25, -0.2) is 0 Å². The summed E-state index contributed by atoms with van der Waals surface area (Å²) in [5, 5.41) is 12.3. The maximum atomic E-state index is 10.0.